The fourth-order valence-corrected chi connectivity index (χ4v) is 3.53. The molecule has 32 heavy (non-hydrogen) atoms. The van der Waals surface area contributed by atoms with E-state index in [-0.39, 0.29) is 23.3 Å². The summed E-state index contributed by atoms with van der Waals surface area (Å²) < 4.78 is 42.4. The number of pyridine rings is 1. The molecule has 11 heteroatoms. The molecule has 8 nitrogen and oxygen atoms in total. The van der Waals surface area contributed by atoms with Crippen LogP contribution in [0.1, 0.15) is 28.7 Å². The molecule has 1 fully saturated rings. The van der Waals surface area contributed by atoms with Crippen LogP contribution < -0.4 is 4.90 Å². The molecule has 4 rings (SSSR count). The molecular weight excluding hydrogens is 425 g/mol. The van der Waals surface area contributed by atoms with E-state index < -0.39 is 12.1 Å². The Morgan fingerprint density at radius 3 is 2.69 bits per heavy atom. The van der Waals surface area contributed by atoms with Crippen molar-refractivity contribution in [2.75, 3.05) is 24.5 Å². The minimum absolute atomic E-state index is 0.0251. The summed E-state index contributed by atoms with van der Waals surface area (Å²) in [6.07, 6.45) is -3.23. The van der Waals surface area contributed by atoms with Crippen molar-refractivity contribution < 1.29 is 22.5 Å². The van der Waals surface area contributed by atoms with Gasteiger partial charge < -0.3 is 14.3 Å². The standard InChI is InChI=1S/C21H17F3N6O2/c1-13-12-29(7-8-30(13)17-6-5-14(10-25)11-26-17)19(31)16-4-2-3-15(9-16)18-27-20(32-28-18)21(22,23)24/h2-6,9,11,13H,7-8,12H2,1H3. The normalized spacial score (nSPS) is 16.7. The monoisotopic (exact) mass is 442 g/mol. The first-order valence-corrected chi connectivity index (χ1v) is 9.69. The minimum atomic E-state index is -4.74. The topological polar surface area (TPSA) is 99.2 Å². The van der Waals surface area contributed by atoms with E-state index in [1.54, 1.807) is 29.2 Å². The van der Waals surface area contributed by atoms with E-state index in [1.165, 1.54) is 18.3 Å². The van der Waals surface area contributed by atoms with Gasteiger partial charge in [-0.15, -0.1) is 0 Å². The van der Waals surface area contributed by atoms with E-state index in [2.05, 4.69) is 24.5 Å². The van der Waals surface area contributed by atoms with Crippen LogP contribution in [0.4, 0.5) is 19.0 Å². The van der Waals surface area contributed by atoms with Gasteiger partial charge in [-0.2, -0.15) is 23.4 Å². The number of amides is 1. The van der Waals surface area contributed by atoms with Gasteiger partial charge in [-0.3, -0.25) is 4.79 Å². The van der Waals surface area contributed by atoms with E-state index in [0.29, 0.717) is 30.8 Å². The van der Waals surface area contributed by atoms with Gasteiger partial charge in [0.1, 0.15) is 11.9 Å². The van der Waals surface area contributed by atoms with Gasteiger partial charge in [0.15, 0.2) is 0 Å². The number of rotatable bonds is 3. The van der Waals surface area contributed by atoms with Gasteiger partial charge in [0, 0.05) is 43.0 Å². The molecule has 0 N–H and O–H groups in total. The third-order valence-corrected chi connectivity index (χ3v) is 5.12. The molecule has 0 aliphatic carbocycles. The maximum absolute atomic E-state index is 13.0. The van der Waals surface area contributed by atoms with Crippen LogP contribution in [0.5, 0.6) is 0 Å². The highest BCUT2D eigenvalue weighted by Crippen LogP contribution is 2.29. The van der Waals surface area contributed by atoms with Crippen LogP contribution in [0.15, 0.2) is 47.1 Å². The van der Waals surface area contributed by atoms with Crippen molar-refractivity contribution in [1.29, 1.82) is 5.26 Å². The zero-order valence-electron chi connectivity index (χ0n) is 16.9. The molecule has 1 unspecified atom stereocenters. The third kappa shape index (κ3) is 4.25. The van der Waals surface area contributed by atoms with Crippen molar-refractivity contribution in [3.05, 3.63) is 59.6 Å². The summed E-state index contributed by atoms with van der Waals surface area (Å²) >= 11 is 0. The Bertz CT molecular complexity index is 1170. The number of halogens is 3. The van der Waals surface area contributed by atoms with Gasteiger partial charge in [0.05, 0.1) is 5.56 Å². The van der Waals surface area contributed by atoms with Gasteiger partial charge in [-0.05, 0) is 31.2 Å². The lowest BCUT2D eigenvalue weighted by atomic mass is 10.1. The Hall–Kier alpha value is -3.94. The van der Waals surface area contributed by atoms with E-state index in [1.807, 2.05) is 13.0 Å². The van der Waals surface area contributed by atoms with Crippen LogP contribution in [0.2, 0.25) is 0 Å². The predicted molar refractivity (Wildman–Crippen MR) is 106 cm³/mol. The number of nitrogens with zero attached hydrogens (tertiary/aromatic N) is 6. The number of carbonyl (C=O) groups excluding carboxylic acids is 1. The number of piperazine rings is 1. The molecule has 1 saturated heterocycles. The summed E-state index contributed by atoms with van der Waals surface area (Å²) in [6, 6.07) is 11.6. The molecule has 1 aliphatic heterocycles. The summed E-state index contributed by atoms with van der Waals surface area (Å²) in [6.45, 7) is 3.39. The minimum Gasteiger partial charge on any atom is -0.350 e. The molecule has 0 saturated carbocycles. The van der Waals surface area contributed by atoms with Crippen LogP contribution in [0, 0.1) is 11.3 Å². The summed E-state index contributed by atoms with van der Waals surface area (Å²) in [7, 11) is 0. The highest BCUT2D eigenvalue weighted by molar-refractivity contribution is 5.95. The smallest absolute Gasteiger partial charge is 0.350 e. The first-order chi connectivity index (χ1) is 15.3. The Kier molecular flexibility index (Phi) is 5.52. The Morgan fingerprint density at radius 1 is 1.25 bits per heavy atom. The van der Waals surface area contributed by atoms with Crippen molar-refractivity contribution in [2.24, 2.45) is 0 Å². The molecule has 3 heterocycles. The van der Waals surface area contributed by atoms with Gasteiger partial charge in [-0.25, -0.2) is 4.98 Å². The van der Waals surface area contributed by atoms with Crippen LogP contribution in [0.25, 0.3) is 11.4 Å². The molecule has 164 valence electrons. The average molecular weight is 442 g/mol. The van der Waals surface area contributed by atoms with E-state index in [9.17, 15) is 18.0 Å². The number of benzene rings is 1. The number of nitriles is 1. The lowest BCUT2D eigenvalue weighted by molar-refractivity contribution is -0.159. The Morgan fingerprint density at radius 2 is 2.06 bits per heavy atom. The number of aromatic nitrogens is 3. The molecule has 1 amide bonds. The lowest BCUT2D eigenvalue weighted by Crippen LogP contribution is -2.54. The largest absolute Gasteiger partial charge is 0.471 e. The third-order valence-electron chi connectivity index (χ3n) is 5.12. The fourth-order valence-electron chi connectivity index (χ4n) is 3.53. The van der Waals surface area contributed by atoms with Crippen molar-refractivity contribution >= 4 is 11.7 Å². The first kappa shape index (κ1) is 21.3. The van der Waals surface area contributed by atoms with Crippen molar-refractivity contribution in [1.82, 2.24) is 20.0 Å². The van der Waals surface area contributed by atoms with Crippen molar-refractivity contribution in [2.45, 2.75) is 19.1 Å². The van der Waals surface area contributed by atoms with E-state index >= 15 is 0 Å². The second-order valence-electron chi connectivity index (χ2n) is 7.31. The highest BCUT2D eigenvalue weighted by atomic mass is 19.4. The van der Waals surface area contributed by atoms with Gasteiger partial charge in [0.2, 0.25) is 5.82 Å². The molecule has 3 aromatic rings. The summed E-state index contributed by atoms with van der Waals surface area (Å²) in [4.78, 5) is 24.5. The van der Waals surface area contributed by atoms with Gasteiger partial charge >= 0.3 is 12.1 Å². The van der Waals surface area contributed by atoms with Gasteiger partial charge in [-0.1, -0.05) is 17.3 Å². The van der Waals surface area contributed by atoms with Crippen LogP contribution in [0.3, 0.4) is 0 Å². The first-order valence-electron chi connectivity index (χ1n) is 9.69. The average Bonchev–Trinajstić information content (AvgIpc) is 3.30. The molecule has 0 bridgehead atoms. The zero-order valence-corrected chi connectivity index (χ0v) is 16.9. The number of hydrogen-bond acceptors (Lipinski definition) is 7. The predicted octanol–water partition coefficient (Wildman–Crippen LogP) is 3.37. The second-order valence-corrected chi connectivity index (χ2v) is 7.31. The van der Waals surface area contributed by atoms with Crippen LogP contribution >= 0.6 is 0 Å². The maximum atomic E-state index is 13.0. The molecular formula is C21H17F3N6O2. The number of hydrogen-bond donors (Lipinski definition) is 0. The highest BCUT2D eigenvalue weighted by Gasteiger charge is 2.38. The maximum Gasteiger partial charge on any atom is 0.471 e. The summed E-state index contributed by atoms with van der Waals surface area (Å²) in [5.74, 6) is -1.20. The van der Waals surface area contributed by atoms with Gasteiger partial charge in [0.25, 0.3) is 5.91 Å². The van der Waals surface area contributed by atoms with E-state index in [0.717, 1.165) is 5.82 Å². The number of carbonyl (C=O) groups is 1. The fraction of sp³-hybridized carbons (Fsp3) is 0.286. The Balaban J connectivity index is 1.48. The summed E-state index contributed by atoms with van der Waals surface area (Å²) in [5, 5.41) is 12.3. The van der Waals surface area contributed by atoms with E-state index in [4.69, 9.17) is 5.26 Å². The molecule has 0 radical (unpaired) electrons. The van der Waals surface area contributed by atoms with Crippen molar-refractivity contribution in [3.63, 3.8) is 0 Å². The summed E-state index contributed by atoms with van der Waals surface area (Å²) in [5.41, 5.74) is 1.04. The molecule has 1 aromatic carbocycles. The lowest BCUT2D eigenvalue weighted by Gasteiger charge is -2.40. The SMILES string of the molecule is CC1CN(C(=O)c2cccc(-c3noc(C(F)(F)F)n3)c2)CCN1c1ccc(C#N)cn1. The molecule has 1 atom stereocenters. The number of alkyl halides is 3. The number of anilines is 1. The van der Waals surface area contributed by atoms with Crippen LogP contribution in [-0.2, 0) is 6.18 Å². The quantitative estimate of drug-likeness (QED) is 0.613. The second kappa shape index (κ2) is 8.30. The van der Waals surface area contributed by atoms with Crippen molar-refractivity contribution in [3.8, 4) is 17.5 Å². The zero-order chi connectivity index (χ0) is 22.9. The molecule has 2 aromatic heterocycles. The molecule has 1 aliphatic rings. The Labute approximate surface area is 180 Å². The van der Waals surface area contributed by atoms with Crippen LogP contribution in [-0.4, -0.2) is 51.6 Å². The molecule has 0 spiro atoms.